The van der Waals surface area contributed by atoms with E-state index >= 15 is 0 Å². The van der Waals surface area contributed by atoms with Gasteiger partial charge in [0.15, 0.2) is 0 Å². The summed E-state index contributed by atoms with van der Waals surface area (Å²) in [5.74, 6) is 1.07. The number of aliphatic hydroxyl groups is 1. The van der Waals surface area contributed by atoms with Crippen molar-refractivity contribution in [2.75, 3.05) is 6.61 Å². The topological polar surface area (TPSA) is 67.2 Å². The molecule has 2 N–H and O–H groups in total. The Kier molecular flexibility index (Phi) is 4.81. The van der Waals surface area contributed by atoms with Crippen LogP contribution in [0, 0.1) is 12.3 Å². The second-order valence-electron chi connectivity index (χ2n) is 6.10. The van der Waals surface area contributed by atoms with Gasteiger partial charge in [-0.15, -0.1) is 0 Å². The molecular formula is C15H25N3O2. The number of aromatic nitrogens is 2. The molecule has 0 saturated heterocycles. The van der Waals surface area contributed by atoms with Crippen molar-refractivity contribution in [1.82, 2.24) is 14.9 Å². The molecule has 0 spiro atoms. The molecule has 0 radical (unpaired) electrons. The molecule has 1 aromatic rings. The van der Waals surface area contributed by atoms with E-state index in [0.29, 0.717) is 6.42 Å². The van der Waals surface area contributed by atoms with Gasteiger partial charge in [0.05, 0.1) is 6.61 Å². The van der Waals surface area contributed by atoms with Crippen LogP contribution in [0.1, 0.15) is 44.9 Å². The van der Waals surface area contributed by atoms with E-state index in [2.05, 4.69) is 21.8 Å². The molecular weight excluding hydrogens is 254 g/mol. The van der Waals surface area contributed by atoms with Gasteiger partial charge >= 0.3 is 0 Å². The Labute approximate surface area is 120 Å². The zero-order chi connectivity index (χ0) is 14.6. The van der Waals surface area contributed by atoms with Crippen LogP contribution in [0.25, 0.3) is 0 Å². The quantitative estimate of drug-likeness (QED) is 0.832. The highest BCUT2D eigenvalue weighted by molar-refractivity contribution is 5.76. The zero-order valence-electron chi connectivity index (χ0n) is 12.4. The van der Waals surface area contributed by atoms with Gasteiger partial charge in [0.1, 0.15) is 5.82 Å². The fourth-order valence-corrected chi connectivity index (χ4v) is 2.98. The van der Waals surface area contributed by atoms with Gasteiger partial charge in [-0.3, -0.25) is 4.79 Å². The van der Waals surface area contributed by atoms with Gasteiger partial charge in [-0.05, 0) is 26.2 Å². The van der Waals surface area contributed by atoms with Crippen LogP contribution in [-0.4, -0.2) is 33.2 Å². The van der Waals surface area contributed by atoms with Crippen LogP contribution >= 0.6 is 0 Å². The molecule has 0 bridgehead atoms. The third kappa shape index (κ3) is 3.39. The molecule has 20 heavy (non-hydrogen) atoms. The maximum Gasteiger partial charge on any atom is 0.220 e. The van der Waals surface area contributed by atoms with Gasteiger partial charge in [0.25, 0.3) is 0 Å². The summed E-state index contributed by atoms with van der Waals surface area (Å²) in [5.41, 5.74) is -0.142. The van der Waals surface area contributed by atoms with Crippen LogP contribution < -0.4 is 5.32 Å². The third-order valence-electron chi connectivity index (χ3n) is 4.50. The van der Waals surface area contributed by atoms with Crippen molar-refractivity contribution in [3.8, 4) is 0 Å². The van der Waals surface area contributed by atoms with E-state index in [-0.39, 0.29) is 24.0 Å². The van der Waals surface area contributed by atoms with Crippen LogP contribution in [-0.2, 0) is 11.3 Å². The molecule has 5 heteroatoms. The second-order valence-corrected chi connectivity index (χ2v) is 6.10. The molecule has 2 rings (SSSR count). The Morgan fingerprint density at radius 1 is 1.65 bits per heavy atom. The molecule has 0 aromatic carbocycles. The van der Waals surface area contributed by atoms with E-state index in [1.54, 1.807) is 6.20 Å². The van der Waals surface area contributed by atoms with E-state index in [4.69, 9.17) is 0 Å². The fourth-order valence-electron chi connectivity index (χ4n) is 2.98. The number of hydrogen-bond donors (Lipinski definition) is 2. The number of rotatable bonds is 6. The fraction of sp³-hybridized carbons (Fsp3) is 0.733. The van der Waals surface area contributed by atoms with Gasteiger partial charge in [-0.2, -0.15) is 0 Å². The summed E-state index contributed by atoms with van der Waals surface area (Å²) in [4.78, 5) is 16.2. The molecule has 112 valence electrons. The predicted molar refractivity (Wildman–Crippen MR) is 77.2 cm³/mol. The molecule has 2 unspecified atom stereocenters. The Bertz CT molecular complexity index is 458. The van der Waals surface area contributed by atoms with E-state index in [9.17, 15) is 9.90 Å². The summed E-state index contributed by atoms with van der Waals surface area (Å²) in [6, 6.07) is 0.120. The first-order valence-electron chi connectivity index (χ1n) is 7.43. The number of aliphatic hydroxyl groups excluding tert-OH is 1. The summed E-state index contributed by atoms with van der Waals surface area (Å²) in [6.45, 7) is 4.98. The highest BCUT2D eigenvalue weighted by Crippen LogP contribution is 2.37. The zero-order valence-corrected chi connectivity index (χ0v) is 12.4. The summed E-state index contributed by atoms with van der Waals surface area (Å²) >= 11 is 0. The molecule has 2 atom stereocenters. The highest BCUT2D eigenvalue weighted by atomic mass is 16.3. The number of amides is 1. The smallest absolute Gasteiger partial charge is 0.220 e. The standard InChI is InChI=1S/C15H25N3O2/c1-12-16-8-10-18(12)9-4-6-14(20)17-13-5-3-7-15(13,2)11-19/h8,10,13,19H,3-7,9,11H2,1-2H3,(H,17,20). The van der Waals surface area contributed by atoms with Crippen LogP contribution in [0.2, 0.25) is 0 Å². The minimum Gasteiger partial charge on any atom is -0.396 e. The minimum atomic E-state index is -0.142. The van der Waals surface area contributed by atoms with Gasteiger partial charge in [-0.25, -0.2) is 4.98 Å². The summed E-state index contributed by atoms with van der Waals surface area (Å²) in [7, 11) is 0. The number of imidazole rings is 1. The van der Waals surface area contributed by atoms with Crippen molar-refractivity contribution in [2.45, 2.75) is 58.5 Å². The average Bonchev–Trinajstić information content (AvgIpc) is 2.98. The first-order valence-corrected chi connectivity index (χ1v) is 7.43. The van der Waals surface area contributed by atoms with Gasteiger partial charge < -0.3 is 15.0 Å². The number of nitrogens with zero attached hydrogens (tertiary/aromatic N) is 2. The van der Waals surface area contributed by atoms with Crippen molar-refractivity contribution in [3.05, 3.63) is 18.2 Å². The normalized spacial score (nSPS) is 25.9. The van der Waals surface area contributed by atoms with Crippen molar-refractivity contribution >= 4 is 5.91 Å². The largest absolute Gasteiger partial charge is 0.396 e. The Morgan fingerprint density at radius 2 is 2.45 bits per heavy atom. The van der Waals surface area contributed by atoms with Crippen LogP contribution in [0.5, 0.6) is 0 Å². The average molecular weight is 279 g/mol. The Hall–Kier alpha value is -1.36. The number of hydrogen-bond acceptors (Lipinski definition) is 3. The molecule has 1 heterocycles. The van der Waals surface area contributed by atoms with E-state index in [1.807, 2.05) is 13.1 Å². The Balaban J connectivity index is 1.74. The maximum atomic E-state index is 12.0. The van der Waals surface area contributed by atoms with Crippen molar-refractivity contribution in [3.63, 3.8) is 0 Å². The van der Waals surface area contributed by atoms with Crippen molar-refractivity contribution in [2.24, 2.45) is 5.41 Å². The second kappa shape index (κ2) is 6.39. The summed E-state index contributed by atoms with van der Waals surface area (Å²) in [5, 5.41) is 12.6. The predicted octanol–water partition coefficient (Wildman–Crippen LogP) is 1.64. The van der Waals surface area contributed by atoms with Crippen LogP contribution in [0.3, 0.4) is 0 Å². The lowest BCUT2D eigenvalue weighted by Gasteiger charge is -2.30. The van der Waals surface area contributed by atoms with Gasteiger partial charge in [-0.1, -0.05) is 13.3 Å². The SMILES string of the molecule is Cc1nccn1CCCC(=O)NC1CCCC1(C)CO. The molecule has 1 aliphatic rings. The monoisotopic (exact) mass is 279 g/mol. The third-order valence-corrected chi connectivity index (χ3v) is 4.50. The lowest BCUT2D eigenvalue weighted by atomic mass is 9.86. The first kappa shape index (κ1) is 15.0. The molecule has 1 aromatic heterocycles. The lowest BCUT2D eigenvalue weighted by Crippen LogP contribution is -2.44. The molecule has 1 fully saturated rings. The molecule has 1 aliphatic carbocycles. The number of carbonyl (C=O) groups is 1. The lowest BCUT2D eigenvalue weighted by molar-refractivity contribution is -0.122. The summed E-state index contributed by atoms with van der Waals surface area (Å²) < 4.78 is 2.06. The van der Waals surface area contributed by atoms with Crippen LogP contribution in [0.15, 0.2) is 12.4 Å². The van der Waals surface area contributed by atoms with Gasteiger partial charge in [0, 0.05) is 36.8 Å². The maximum absolute atomic E-state index is 12.0. The summed E-state index contributed by atoms with van der Waals surface area (Å²) in [6.07, 6.45) is 8.09. The minimum absolute atomic E-state index is 0.0920. The molecule has 1 saturated carbocycles. The molecule has 0 aliphatic heterocycles. The number of nitrogens with one attached hydrogen (secondary N) is 1. The number of aryl methyl sites for hydroxylation is 2. The highest BCUT2D eigenvalue weighted by Gasteiger charge is 2.38. The number of carbonyl (C=O) groups excluding carboxylic acids is 1. The Morgan fingerprint density at radius 3 is 3.10 bits per heavy atom. The van der Waals surface area contributed by atoms with Crippen molar-refractivity contribution < 1.29 is 9.90 Å². The molecule has 5 nitrogen and oxygen atoms in total. The first-order chi connectivity index (χ1) is 9.55. The van der Waals surface area contributed by atoms with E-state index in [1.165, 1.54) is 0 Å². The van der Waals surface area contributed by atoms with Crippen LogP contribution in [0.4, 0.5) is 0 Å². The van der Waals surface area contributed by atoms with Crippen molar-refractivity contribution in [1.29, 1.82) is 0 Å². The molecule has 1 amide bonds. The van der Waals surface area contributed by atoms with Gasteiger partial charge in [0.2, 0.25) is 5.91 Å². The van der Waals surface area contributed by atoms with E-state index in [0.717, 1.165) is 38.1 Å². The van der Waals surface area contributed by atoms with E-state index < -0.39 is 0 Å².